The van der Waals surface area contributed by atoms with Crippen molar-refractivity contribution in [1.29, 1.82) is 0 Å². The van der Waals surface area contributed by atoms with E-state index in [2.05, 4.69) is 5.32 Å². The van der Waals surface area contributed by atoms with Crippen LogP contribution in [-0.2, 0) is 38.0 Å². The van der Waals surface area contributed by atoms with E-state index in [0.29, 0.717) is 92.4 Å². The second-order valence-electron chi connectivity index (χ2n) is 5.15. The smallest absolute Gasteiger partial charge is 0.216 e. The van der Waals surface area contributed by atoms with Crippen LogP contribution < -0.4 is 5.32 Å². The first-order chi connectivity index (χ1) is 12.8. The minimum absolute atomic E-state index is 0.0539. The van der Waals surface area contributed by atoms with Gasteiger partial charge in [-0.05, 0) is 0 Å². The van der Waals surface area contributed by atoms with Crippen molar-refractivity contribution in [3.05, 3.63) is 0 Å². The highest BCUT2D eigenvalue weighted by Crippen LogP contribution is 1.84. The highest BCUT2D eigenvalue weighted by Gasteiger charge is 1.94. The first-order valence-electron chi connectivity index (χ1n) is 8.97. The van der Waals surface area contributed by atoms with Crippen molar-refractivity contribution in [3.8, 4) is 0 Å². The van der Waals surface area contributed by atoms with E-state index in [1.165, 1.54) is 6.92 Å². The Bertz CT molecular complexity index is 294. The van der Waals surface area contributed by atoms with Gasteiger partial charge in [-0.3, -0.25) is 4.79 Å². The predicted octanol–water partition coefficient (Wildman–Crippen LogP) is -0.131. The van der Waals surface area contributed by atoms with Gasteiger partial charge in [-0.15, -0.1) is 0 Å². The molecule has 0 fully saturated rings. The Morgan fingerprint density at radius 1 is 0.577 bits per heavy atom. The van der Waals surface area contributed by atoms with Crippen LogP contribution in [0.15, 0.2) is 0 Å². The van der Waals surface area contributed by atoms with Gasteiger partial charge in [0, 0.05) is 20.6 Å². The molecule has 0 atom stereocenters. The minimum Gasteiger partial charge on any atom is -0.382 e. The summed E-state index contributed by atoms with van der Waals surface area (Å²) in [5.41, 5.74) is 0. The van der Waals surface area contributed by atoms with Gasteiger partial charge in [-0.25, -0.2) is 0 Å². The maximum absolute atomic E-state index is 10.6. The molecule has 156 valence electrons. The summed E-state index contributed by atoms with van der Waals surface area (Å²) in [4.78, 5) is 10.6. The van der Waals surface area contributed by atoms with Gasteiger partial charge in [0.2, 0.25) is 5.91 Å². The minimum atomic E-state index is -0.0539. The third kappa shape index (κ3) is 23.2. The van der Waals surface area contributed by atoms with E-state index < -0.39 is 0 Å². The number of carbonyl (C=O) groups is 1. The molecule has 0 heterocycles. The number of carbonyl (C=O) groups excluding carboxylic acids is 1. The average molecular weight is 381 g/mol. The zero-order chi connectivity index (χ0) is 19.1. The number of ether oxygens (including phenoxy) is 7. The highest BCUT2D eigenvalue weighted by molar-refractivity contribution is 5.72. The number of hydrogen-bond acceptors (Lipinski definition) is 8. The summed E-state index contributed by atoms with van der Waals surface area (Å²) in [5, 5.41) is 2.65. The molecule has 0 aliphatic rings. The standard InChI is InChI=1S/C17H35NO8/c1-17(19)18-3-4-21-7-8-23-11-12-25-15-16-26-14-13-24-10-9-22-6-5-20-2/h3-16H2,1-2H3,(H,18,19). The Morgan fingerprint density at radius 3 is 1.19 bits per heavy atom. The van der Waals surface area contributed by atoms with Crippen molar-refractivity contribution >= 4 is 5.91 Å². The van der Waals surface area contributed by atoms with Gasteiger partial charge in [-0.2, -0.15) is 0 Å². The highest BCUT2D eigenvalue weighted by atomic mass is 16.6. The van der Waals surface area contributed by atoms with Gasteiger partial charge in [0.15, 0.2) is 0 Å². The van der Waals surface area contributed by atoms with E-state index in [-0.39, 0.29) is 5.91 Å². The largest absolute Gasteiger partial charge is 0.382 e. The molecule has 0 rings (SSSR count). The molecule has 0 aromatic heterocycles. The zero-order valence-electron chi connectivity index (χ0n) is 16.2. The Morgan fingerprint density at radius 2 is 0.885 bits per heavy atom. The van der Waals surface area contributed by atoms with Crippen LogP contribution in [0.4, 0.5) is 0 Å². The summed E-state index contributed by atoms with van der Waals surface area (Å²) in [6.45, 7) is 8.95. The van der Waals surface area contributed by atoms with Gasteiger partial charge < -0.3 is 38.5 Å². The molecular weight excluding hydrogens is 346 g/mol. The van der Waals surface area contributed by atoms with Crippen LogP contribution in [0.3, 0.4) is 0 Å². The topological polar surface area (TPSA) is 93.7 Å². The molecule has 0 saturated heterocycles. The van der Waals surface area contributed by atoms with E-state index in [0.717, 1.165) is 0 Å². The number of hydrogen-bond donors (Lipinski definition) is 1. The number of nitrogens with one attached hydrogen (secondary N) is 1. The fourth-order valence-corrected chi connectivity index (χ4v) is 1.64. The molecule has 9 nitrogen and oxygen atoms in total. The van der Waals surface area contributed by atoms with Crippen molar-refractivity contribution in [2.45, 2.75) is 6.92 Å². The quantitative estimate of drug-likeness (QED) is 0.275. The first-order valence-corrected chi connectivity index (χ1v) is 8.97. The first kappa shape index (κ1) is 25.2. The second-order valence-corrected chi connectivity index (χ2v) is 5.15. The van der Waals surface area contributed by atoms with Gasteiger partial charge in [0.25, 0.3) is 0 Å². The van der Waals surface area contributed by atoms with Crippen molar-refractivity contribution < 1.29 is 38.0 Å². The van der Waals surface area contributed by atoms with Crippen LogP contribution in [0.5, 0.6) is 0 Å². The predicted molar refractivity (Wildman–Crippen MR) is 95.5 cm³/mol. The summed E-state index contributed by atoms with van der Waals surface area (Å²) in [6, 6.07) is 0. The summed E-state index contributed by atoms with van der Waals surface area (Å²) in [6.07, 6.45) is 0. The number of rotatable bonds is 21. The normalized spacial score (nSPS) is 11.0. The van der Waals surface area contributed by atoms with Gasteiger partial charge in [0.1, 0.15) is 0 Å². The van der Waals surface area contributed by atoms with E-state index in [4.69, 9.17) is 33.2 Å². The molecule has 1 N–H and O–H groups in total. The molecule has 0 aromatic carbocycles. The lowest BCUT2D eigenvalue weighted by atomic mass is 10.6. The SMILES string of the molecule is COCCOCCOCCOCCOCCOCCOCCNC(C)=O. The molecule has 0 unspecified atom stereocenters. The van der Waals surface area contributed by atoms with Gasteiger partial charge in [0.05, 0.1) is 85.9 Å². The van der Waals surface area contributed by atoms with Crippen LogP contribution >= 0.6 is 0 Å². The summed E-state index contributed by atoms with van der Waals surface area (Å²) in [7, 11) is 1.64. The van der Waals surface area contributed by atoms with Crippen LogP contribution in [0.2, 0.25) is 0 Å². The molecule has 0 saturated carbocycles. The van der Waals surface area contributed by atoms with Crippen molar-refractivity contribution in [2.24, 2.45) is 0 Å². The van der Waals surface area contributed by atoms with Crippen molar-refractivity contribution in [2.75, 3.05) is 99.5 Å². The Labute approximate surface area is 156 Å². The van der Waals surface area contributed by atoms with Gasteiger partial charge >= 0.3 is 0 Å². The molecule has 0 radical (unpaired) electrons. The number of amides is 1. The van der Waals surface area contributed by atoms with Crippen molar-refractivity contribution in [1.82, 2.24) is 5.32 Å². The molecule has 0 spiro atoms. The summed E-state index contributed by atoms with van der Waals surface area (Å²) < 4.78 is 36.9. The maximum Gasteiger partial charge on any atom is 0.216 e. The second kappa shape index (κ2) is 22.2. The third-order valence-corrected chi connectivity index (χ3v) is 2.91. The van der Waals surface area contributed by atoms with E-state index >= 15 is 0 Å². The van der Waals surface area contributed by atoms with E-state index in [1.54, 1.807) is 7.11 Å². The lowest BCUT2D eigenvalue weighted by Crippen LogP contribution is -2.25. The Hall–Kier alpha value is -0.810. The summed E-state index contributed by atoms with van der Waals surface area (Å²) in [5.74, 6) is -0.0539. The van der Waals surface area contributed by atoms with Crippen LogP contribution in [0.1, 0.15) is 6.92 Å². The molecule has 0 aliphatic carbocycles. The molecule has 1 amide bonds. The average Bonchev–Trinajstić information content (AvgIpc) is 2.62. The van der Waals surface area contributed by atoms with Crippen molar-refractivity contribution in [3.63, 3.8) is 0 Å². The Kier molecular flexibility index (Phi) is 21.5. The summed E-state index contributed by atoms with van der Waals surface area (Å²) >= 11 is 0. The maximum atomic E-state index is 10.6. The fourth-order valence-electron chi connectivity index (χ4n) is 1.64. The molecule has 0 aliphatic heterocycles. The monoisotopic (exact) mass is 381 g/mol. The Balaban J connectivity index is 2.98. The number of methoxy groups -OCH3 is 1. The molecular formula is C17H35NO8. The van der Waals surface area contributed by atoms with Crippen LogP contribution in [0, 0.1) is 0 Å². The van der Waals surface area contributed by atoms with Crippen LogP contribution in [0.25, 0.3) is 0 Å². The molecule has 26 heavy (non-hydrogen) atoms. The van der Waals surface area contributed by atoms with Crippen LogP contribution in [-0.4, -0.2) is 105 Å². The fraction of sp³-hybridized carbons (Fsp3) is 0.941. The van der Waals surface area contributed by atoms with E-state index in [9.17, 15) is 4.79 Å². The molecule has 0 aromatic rings. The lowest BCUT2D eigenvalue weighted by molar-refractivity contribution is -0.119. The lowest BCUT2D eigenvalue weighted by Gasteiger charge is -2.08. The van der Waals surface area contributed by atoms with E-state index in [1.807, 2.05) is 0 Å². The third-order valence-electron chi connectivity index (χ3n) is 2.91. The van der Waals surface area contributed by atoms with Gasteiger partial charge in [-0.1, -0.05) is 0 Å². The molecule has 0 bridgehead atoms. The zero-order valence-corrected chi connectivity index (χ0v) is 16.2. The molecule has 9 heteroatoms.